The zero-order valence-electron chi connectivity index (χ0n) is 8.18. The van der Waals surface area contributed by atoms with Crippen molar-refractivity contribution in [2.75, 3.05) is 0 Å². The second kappa shape index (κ2) is 3.28. The molecule has 2 aromatic carbocycles. The van der Waals surface area contributed by atoms with Gasteiger partial charge in [0.15, 0.2) is 0 Å². The molecule has 0 aliphatic heterocycles. The van der Waals surface area contributed by atoms with Gasteiger partial charge < -0.3 is 4.42 Å². The molecule has 1 heteroatoms. The molecule has 3 aromatic rings. The van der Waals surface area contributed by atoms with Crippen molar-refractivity contribution in [1.82, 2.24) is 0 Å². The Hall–Kier alpha value is -2.02. The van der Waals surface area contributed by atoms with Crippen LogP contribution < -0.4 is 0 Å². The highest BCUT2D eigenvalue weighted by molar-refractivity contribution is 5.86. The zero-order chi connectivity index (χ0) is 10.1. The van der Waals surface area contributed by atoms with Crippen molar-refractivity contribution in [2.24, 2.45) is 0 Å². The SMILES string of the molecule is c1coc(-c2ccc3ccccc3c2)c1. The number of hydrogen-bond acceptors (Lipinski definition) is 1. The lowest BCUT2D eigenvalue weighted by Gasteiger charge is -2.00. The van der Waals surface area contributed by atoms with Gasteiger partial charge >= 0.3 is 0 Å². The van der Waals surface area contributed by atoms with E-state index in [1.54, 1.807) is 6.26 Å². The molecule has 0 atom stereocenters. The molecule has 1 aromatic heterocycles. The van der Waals surface area contributed by atoms with Gasteiger partial charge in [0.25, 0.3) is 0 Å². The minimum Gasteiger partial charge on any atom is -0.464 e. The van der Waals surface area contributed by atoms with E-state index in [0.717, 1.165) is 11.3 Å². The van der Waals surface area contributed by atoms with Crippen LogP contribution in [0.1, 0.15) is 0 Å². The Kier molecular flexibility index (Phi) is 1.82. The molecule has 0 spiro atoms. The second-order valence-corrected chi connectivity index (χ2v) is 3.54. The van der Waals surface area contributed by atoms with E-state index in [2.05, 4.69) is 36.4 Å². The van der Waals surface area contributed by atoms with Gasteiger partial charge in [0.2, 0.25) is 0 Å². The van der Waals surface area contributed by atoms with Crippen LogP contribution in [0.15, 0.2) is 65.3 Å². The number of benzene rings is 2. The lowest BCUT2D eigenvalue weighted by atomic mass is 10.1. The van der Waals surface area contributed by atoms with Crippen molar-refractivity contribution in [1.29, 1.82) is 0 Å². The molecule has 1 heterocycles. The maximum Gasteiger partial charge on any atom is 0.133 e. The van der Waals surface area contributed by atoms with Gasteiger partial charge in [-0.3, -0.25) is 0 Å². The van der Waals surface area contributed by atoms with E-state index in [9.17, 15) is 0 Å². The van der Waals surface area contributed by atoms with Crippen molar-refractivity contribution in [3.63, 3.8) is 0 Å². The summed E-state index contributed by atoms with van der Waals surface area (Å²) in [6, 6.07) is 18.6. The minimum atomic E-state index is 0.917. The lowest BCUT2D eigenvalue weighted by Crippen LogP contribution is -1.75. The summed E-state index contributed by atoms with van der Waals surface area (Å²) >= 11 is 0. The first kappa shape index (κ1) is 8.30. The van der Waals surface area contributed by atoms with E-state index in [0.29, 0.717) is 0 Å². The Morgan fingerprint density at radius 2 is 1.60 bits per heavy atom. The fraction of sp³-hybridized carbons (Fsp3) is 0. The molecule has 0 bridgehead atoms. The Bertz CT molecular complexity index is 579. The van der Waals surface area contributed by atoms with Crippen LogP contribution in [0.2, 0.25) is 0 Å². The molecular weight excluding hydrogens is 184 g/mol. The molecule has 3 rings (SSSR count). The molecule has 0 unspecified atom stereocenters. The molecule has 0 saturated carbocycles. The highest BCUT2D eigenvalue weighted by atomic mass is 16.3. The predicted molar refractivity (Wildman–Crippen MR) is 61.7 cm³/mol. The van der Waals surface area contributed by atoms with Gasteiger partial charge in [-0.15, -0.1) is 0 Å². The van der Waals surface area contributed by atoms with Crippen molar-refractivity contribution >= 4 is 10.8 Å². The molecule has 0 radical (unpaired) electrons. The molecular formula is C14H10O. The van der Waals surface area contributed by atoms with Crippen LogP contribution in [0.4, 0.5) is 0 Å². The molecule has 1 nitrogen and oxygen atoms in total. The zero-order valence-corrected chi connectivity index (χ0v) is 8.18. The fourth-order valence-corrected chi connectivity index (χ4v) is 1.79. The number of rotatable bonds is 1. The number of hydrogen-bond donors (Lipinski definition) is 0. The topological polar surface area (TPSA) is 13.1 Å². The lowest BCUT2D eigenvalue weighted by molar-refractivity contribution is 0.582. The Morgan fingerprint density at radius 3 is 2.40 bits per heavy atom. The quantitative estimate of drug-likeness (QED) is 0.568. The van der Waals surface area contributed by atoms with Crippen LogP contribution in [0, 0.1) is 0 Å². The first-order valence-electron chi connectivity index (χ1n) is 4.96. The largest absolute Gasteiger partial charge is 0.464 e. The third-order valence-electron chi connectivity index (χ3n) is 2.56. The summed E-state index contributed by atoms with van der Waals surface area (Å²) in [5.74, 6) is 0.917. The maximum atomic E-state index is 5.37. The first-order valence-corrected chi connectivity index (χ1v) is 4.96. The maximum absolute atomic E-state index is 5.37. The summed E-state index contributed by atoms with van der Waals surface area (Å²) < 4.78 is 5.37. The normalized spacial score (nSPS) is 10.7. The molecule has 0 aliphatic carbocycles. The molecule has 0 N–H and O–H groups in total. The third kappa shape index (κ3) is 1.42. The summed E-state index contributed by atoms with van der Waals surface area (Å²) in [7, 11) is 0. The van der Waals surface area contributed by atoms with Gasteiger partial charge in [0, 0.05) is 5.56 Å². The molecule has 0 fully saturated rings. The van der Waals surface area contributed by atoms with E-state index >= 15 is 0 Å². The average Bonchev–Trinajstić information content (AvgIpc) is 2.82. The van der Waals surface area contributed by atoms with Crippen molar-refractivity contribution in [3.8, 4) is 11.3 Å². The van der Waals surface area contributed by atoms with Gasteiger partial charge in [-0.05, 0) is 29.0 Å². The van der Waals surface area contributed by atoms with Gasteiger partial charge in [-0.25, -0.2) is 0 Å². The molecule has 0 aliphatic rings. The Morgan fingerprint density at radius 1 is 0.733 bits per heavy atom. The minimum absolute atomic E-state index is 0.917. The van der Waals surface area contributed by atoms with Gasteiger partial charge in [0.05, 0.1) is 6.26 Å². The summed E-state index contributed by atoms with van der Waals surface area (Å²) in [4.78, 5) is 0. The molecule has 72 valence electrons. The van der Waals surface area contributed by atoms with Crippen LogP contribution in [-0.4, -0.2) is 0 Å². The van der Waals surface area contributed by atoms with Crippen LogP contribution >= 0.6 is 0 Å². The monoisotopic (exact) mass is 194 g/mol. The number of fused-ring (bicyclic) bond motifs is 1. The van der Waals surface area contributed by atoms with E-state index in [-0.39, 0.29) is 0 Å². The third-order valence-corrected chi connectivity index (χ3v) is 2.56. The summed E-state index contributed by atoms with van der Waals surface area (Å²) in [6.07, 6.45) is 1.70. The smallest absolute Gasteiger partial charge is 0.133 e. The highest BCUT2D eigenvalue weighted by Crippen LogP contribution is 2.24. The van der Waals surface area contributed by atoms with Gasteiger partial charge in [0.1, 0.15) is 5.76 Å². The summed E-state index contributed by atoms with van der Waals surface area (Å²) in [6.45, 7) is 0. The van der Waals surface area contributed by atoms with E-state index in [1.807, 2.05) is 18.2 Å². The van der Waals surface area contributed by atoms with Crippen molar-refractivity contribution in [2.45, 2.75) is 0 Å². The highest BCUT2D eigenvalue weighted by Gasteiger charge is 2.00. The van der Waals surface area contributed by atoms with Crippen LogP contribution in [0.5, 0.6) is 0 Å². The fourth-order valence-electron chi connectivity index (χ4n) is 1.79. The van der Waals surface area contributed by atoms with Gasteiger partial charge in [-0.2, -0.15) is 0 Å². The van der Waals surface area contributed by atoms with Crippen LogP contribution in [0.25, 0.3) is 22.1 Å². The molecule has 0 amide bonds. The first-order chi connectivity index (χ1) is 7.43. The second-order valence-electron chi connectivity index (χ2n) is 3.54. The predicted octanol–water partition coefficient (Wildman–Crippen LogP) is 4.10. The van der Waals surface area contributed by atoms with Crippen molar-refractivity contribution < 1.29 is 4.42 Å². The molecule has 0 saturated heterocycles. The van der Waals surface area contributed by atoms with E-state index in [1.165, 1.54) is 10.8 Å². The summed E-state index contributed by atoms with van der Waals surface area (Å²) in [5, 5.41) is 2.50. The standard InChI is InChI=1S/C14H10O/c1-2-5-12-10-13(8-7-11(12)4-1)14-6-3-9-15-14/h1-10H. The van der Waals surface area contributed by atoms with E-state index in [4.69, 9.17) is 4.42 Å². The summed E-state index contributed by atoms with van der Waals surface area (Å²) in [5.41, 5.74) is 1.12. The average molecular weight is 194 g/mol. The van der Waals surface area contributed by atoms with Crippen LogP contribution in [-0.2, 0) is 0 Å². The van der Waals surface area contributed by atoms with Crippen molar-refractivity contribution in [3.05, 3.63) is 60.9 Å². The Labute approximate surface area is 88.0 Å². The Balaban J connectivity index is 2.22. The molecule has 15 heavy (non-hydrogen) atoms. The van der Waals surface area contributed by atoms with Gasteiger partial charge in [-0.1, -0.05) is 36.4 Å². The van der Waals surface area contributed by atoms with Crippen LogP contribution in [0.3, 0.4) is 0 Å². The van der Waals surface area contributed by atoms with E-state index < -0.39 is 0 Å². The number of furan rings is 1.